The zero-order valence-electron chi connectivity index (χ0n) is 13.1. The van der Waals surface area contributed by atoms with Gasteiger partial charge in [-0.15, -0.1) is 0 Å². The van der Waals surface area contributed by atoms with Crippen LogP contribution in [0.2, 0.25) is 0 Å². The summed E-state index contributed by atoms with van der Waals surface area (Å²) in [7, 11) is 0. The van der Waals surface area contributed by atoms with Crippen molar-refractivity contribution in [3.63, 3.8) is 0 Å². The highest BCUT2D eigenvalue weighted by atomic mass is 16.2. The van der Waals surface area contributed by atoms with E-state index < -0.39 is 6.04 Å². The summed E-state index contributed by atoms with van der Waals surface area (Å²) in [5.74, 6) is -0.0798. The fourth-order valence-corrected chi connectivity index (χ4v) is 2.75. The largest absolute Gasteiger partial charge is 0.327 e. The number of rotatable bonds is 3. The molecule has 2 N–H and O–H groups in total. The summed E-state index contributed by atoms with van der Waals surface area (Å²) in [6.07, 6.45) is 0. The molecule has 2 amide bonds. The van der Waals surface area contributed by atoms with Gasteiger partial charge < -0.3 is 10.6 Å². The van der Waals surface area contributed by atoms with Crippen LogP contribution >= 0.6 is 0 Å². The number of allylic oxidation sites excluding steroid dienone is 1. The molecule has 2 aromatic rings. The summed E-state index contributed by atoms with van der Waals surface area (Å²) in [5.41, 5.74) is 3.76. The standard InChI is InChI=1S/C19H18N2O2/c1-12-8-10-15(11-9-12)18(22)16-13(2)20-19(23)21-17(16)14-6-4-3-5-7-14/h3-11,17H,1-2H3,(H2,20,21,23). The van der Waals surface area contributed by atoms with E-state index in [1.165, 1.54) is 0 Å². The highest BCUT2D eigenvalue weighted by Gasteiger charge is 2.31. The lowest BCUT2D eigenvalue weighted by Gasteiger charge is -2.28. The van der Waals surface area contributed by atoms with Crippen molar-refractivity contribution < 1.29 is 9.59 Å². The molecule has 116 valence electrons. The Kier molecular flexibility index (Phi) is 3.98. The van der Waals surface area contributed by atoms with Gasteiger partial charge in [0.05, 0.1) is 6.04 Å². The molecule has 1 heterocycles. The fourth-order valence-electron chi connectivity index (χ4n) is 2.75. The van der Waals surface area contributed by atoms with Gasteiger partial charge in [-0.2, -0.15) is 0 Å². The smallest absolute Gasteiger partial charge is 0.319 e. The first-order valence-electron chi connectivity index (χ1n) is 7.51. The Labute approximate surface area is 135 Å². The van der Waals surface area contributed by atoms with E-state index >= 15 is 0 Å². The Bertz CT molecular complexity index is 777. The molecule has 0 aromatic heterocycles. The van der Waals surface area contributed by atoms with Crippen molar-refractivity contribution in [2.45, 2.75) is 19.9 Å². The van der Waals surface area contributed by atoms with Crippen molar-refractivity contribution in [1.82, 2.24) is 10.6 Å². The maximum absolute atomic E-state index is 13.0. The molecule has 0 fully saturated rings. The number of carbonyl (C=O) groups is 2. The second-order valence-electron chi connectivity index (χ2n) is 5.68. The number of benzene rings is 2. The van der Waals surface area contributed by atoms with Gasteiger partial charge in [0.2, 0.25) is 0 Å². The van der Waals surface area contributed by atoms with Crippen LogP contribution in [0.5, 0.6) is 0 Å². The number of hydrogen-bond acceptors (Lipinski definition) is 2. The van der Waals surface area contributed by atoms with Crippen molar-refractivity contribution in [2.24, 2.45) is 0 Å². The van der Waals surface area contributed by atoms with Gasteiger partial charge in [0.15, 0.2) is 5.78 Å². The minimum Gasteiger partial charge on any atom is -0.327 e. The molecule has 3 rings (SSSR count). The molecule has 4 nitrogen and oxygen atoms in total. The molecule has 23 heavy (non-hydrogen) atoms. The number of hydrogen-bond donors (Lipinski definition) is 2. The number of amides is 2. The quantitative estimate of drug-likeness (QED) is 0.853. The first-order chi connectivity index (χ1) is 11.1. The van der Waals surface area contributed by atoms with Crippen LogP contribution in [0.4, 0.5) is 4.79 Å². The van der Waals surface area contributed by atoms with Crippen molar-refractivity contribution >= 4 is 11.8 Å². The normalized spacial score (nSPS) is 17.5. The maximum Gasteiger partial charge on any atom is 0.319 e. The van der Waals surface area contributed by atoms with Crippen LogP contribution in [0, 0.1) is 6.92 Å². The van der Waals surface area contributed by atoms with Gasteiger partial charge in [0, 0.05) is 16.8 Å². The van der Waals surface area contributed by atoms with Crippen LogP contribution in [0.25, 0.3) is 0 Å². The second-order valence-corrected chi connectivity index (χ2v) is 5.68. The summed E-state index contributed by atoms with van der Waals surface area (Å²) in [5, 5.41) is 5.55. The lowest BCUT2D eigenvalue weighted by molar-refractivity contribution is 0.102. The van der Waals surface area contributed by atoms with E-state index in [4.69, 9.17) is 0 Å². The van der Waals surface area contributed by atoms with E-state index in [0.717, 1.165) is 11.1 Å². The van der Waals surface area contributed by atoms with Gasteiger partial charge >= 0.3 is 6.03 Å². The number of Topliss-reactive ketones (excluding diaryl/α,β-unsaturated/α-hetero) is 1. The SMILES string of the molecule is CC1=C(C(=O)c2ccc(C)cc2)C(c2ccccc2)NC(=O)N1. The van der Waals surface area contributed by atoms with E-state index in [0.29, 0.717) is 16.8 Å². The van der Waals surface area contributed by atoms with Crippen LogP contribution in [0.3, 0.4) is 0 Å². The number of nitrogens with one attached hydrogen (secondary N) is 2. The van der Waals surface area contributed by atoms with Crippen LogP contribution < -0.4 is 10.6 Å². The van der Waals surface area contributed by atoms with Crippen LogP contribution in [-0.4, -0.2) is 11.8 Å². The van der Waals surface area contributed by atoms with Gasteiger partial charge in [-0.25, -0.2) is 4.79 Å². The third-order valence-electron chi connectivity index (χ3n) is 3.96. The molecule has 0 saturated heterocycles. The average Bonchev–Trinajstić information content (AvgIpc) is 2.55. The van der Waals surface area contributed by atoms with E-state index in [2.05, 4.69) is 10.6 Å². The Morgan fingerprint density at radius 1 is 0.957 bits per heavy atom. The maximum atomic E-state index is 13.0. The Morgan fingerprint density at radius 2 is 1.61 bits per heavy atom. The Hall–Kier alpha value is -2.88. The zero-order chi connectivity index (χ0) is 16.4. The molecule has 2 aromatic carbocycles. The van der Waals surface area contributed by atoms with E-state index in [1.807, 2.05) is 61.5 Å². The van der Waals surface area contributed by atoms with Crippen molar-refractivity contribution in [2.75, 3.05) is 0 Å². The highest BCUT2D eigenvalue weighted by molar-refractivity contribution is 6.11. The summed E-state index contributed by atoms with van der Waals surface area (Å²) < 4.78 is 0. The molecule has 0 aliphatic carbocycles. The van der Waals surface area contributed by atoms with Gasteiger partial charge in [-0.1, -0.05) is 60.2 Å². The molecule has 1 unspecified atom stereocenters. The fraction of sp³-hybridized carbons (Fsp3) is 0.158. The summed E-state index contributed by atoms with van der Waals surface area (Å²) in [6.45, 7) is 3.74. The molecule has 0 bridgehead atoms. The van der Waals surface area contributed by atoms with Gasteiger partial charge in [-0.05, 0) is 19.4 Å². The van der Waals surface area contributed by atoms with Gasteiger partial charge in [0.25, 0.3) is 0 Å². The van der Waals surface area contributed by atoms with Crippen molar-refractivity contribution in [1.29, 1.82) is 0 Å². The number of urea groups is 1. The first kappa shape index (κ1) is 15.0. The van der Waals surface area contributed by atoms with Crippen LogP contribution in [-0.2, 0) is 0 Å². The van der Waals surface area contributed by atoms with Gasteiger partial charge in [-0.3, -0.25) is 4.79 Å². The third-order valence-corrected chi connectivity index (χ3v) is 3.96. The molecule has 1 aliphatic rings. The highest BCUT2D eigenvalue weighted by Crippen LogP contribution is 2.29. The molecule has 1 aliphatic heterocycles. The average molecular weight is 306 g/mol. The van der Waals surface area contributed by atoms with E-state index in [1.54, 1.807) is 6.92 Å². The minimum atomic E-state index is -0.446. The topological polar surface area (TPSA) is 58.2 Å². The predicted molar refractivity (Wildman–Crippen MR) is 89.1 cm³/mol. The number of ketones is 1. The first-order valence-corrected chi connectivity index (χ1v) is 7.51. The second kappa shape index (κ2) is 6.08. The Balaban J connectivity index is 2.05. The number of aryl methyl sites for hydroxylation is 1. The molecular weight excluding hydrogens is 288 g/mol. The monoisotopic (exact) mass is 306 g/mol. The van der Waals surface area contributed by atoms with Crippen LogP contribution in [0.1, 0.15) is 34.5 Å². The molecule has 4 heteroatoms. The summed E-state index contributed by atoms with van der Waals surface area (Å²) in [4.78, 5) is 24.8. The molecular formula is C19H18N2O2. The molecule has 0 saturated carbocycles. The molecule has 1 atom stereocenters. The molecule has 0 spiro atoms. The predicted octanol–water partition coefficient (Wildman–Crippen LogP) is 3.51. The van der Waals surface area contributed by atoms with Gasteiger partial charge in [0.1, 0.15) is 0 Å². The third kappa shape index (κ3) is 3.01. The van der Waals surface area contributed by atoms with Crippen molar-refractivity contribution in [3.05, 3.63) is 82.6 Å². The number of carbonyl (C=O) groups excluding carboxylic acids is 2. The lowest BCUT2D eigenvalue weighted by Crippen LogP contribution is -2.45. The lowest BCUT2D eigenvalue weighted by atomic mass is 9.89. The zero-order valence-corrected chi connectivity index (χ0v) is 13.1. The van der Waals surface area contributed by atoms with Crippen molar-refractivity contribution in [3.8, 4) is 0 Å². The van der Waals surface area contributed by atoms with E-state index in [9.17, 15) is 9.59 Å². The molecule has 0 radical (unpaired) electrons. The Morgan fingerprint density at radius 3 is 2.26 bits per heavy atom. The van der Waals surface area contributed by atoms with E-state index in [-0.39, 0.29) is 11.8 Å². The summed E-state index contributed by atoms with van der Waals surface area (Å²) >= 11 is 0. The summed E-state index contributed by atoms with van der Waals surface area (Å²) in [6, 6.07) is 16.2. The van der Waals surface area contributed by atoms with Crippen LogP contribution in [0.15, 0.2) is 65.9 Å². The minimum absolute atomic E-state index is 0.0798.